The highest BCUT2D eigenvalue weighted by molar-refractivity contribution is 5.98. The van der Waals surface area contributed by atoms with E-state index in [-0.39, 0.29) is 5.78 Å². The fourth-order valence-corrected chi connectivity index (χ4v) is 2.12. The van der Waals surface area contributed by atoms with Gasteiger partial charge in [0.25, 0.3) is 0 Å². The Morgan fingerprint density at radius 3 is 2.33 bits per heavy atom. The molecular formula is C18H21NO2. The predicted molar refractivity (Wildman–Crippen MR) is 85.6 cm³/mol. The van der Waals surface area contributed by atoms with Crippen LogP contribution in [0.5, 0.6) is 0 Å². The first-order valence-corrected chi connectivity index (χ1v) is 7.19. The van der Waals surface area contributed by atoms with Crippen LogP contribution in [0.25, 0.3) is 11.1 Å². The molecule has 0 amide bonds. The molecule has 3 heteroatoms. The van der Waals surface area contributed by atoms with Gasteiger partial charge in [0.05, 0.1) is 6.54 Å². The Morgan fingerprint density at radius 1 is 1.00 bits per heavy atom. The predicted octanol–water partition coefficient (Wildman–Crippen LogP) is 3.16. The fourth-order valence-electron chi connectivity index (χ4n) is 2.12. The van der Waals surface area contributed by atoms with E-state index in [1.165, 1.54) is 0 Å². The normalized spacial score (nSPS) is 10.5. The molecule has 0 atom stereocenters. The average molecular weight is 283 g/mol. The minimum atomic E-state index is 0.118. The maximum absolute atomic E-state index is 12.0. The zero-order chi connectivity index (χ0) is 14.9. The summed E-state index contributed by atoms with van der Waals surface area (Å²) in [6.07, 6.45) is 0.913. The van der Waals surface area contributed by atoms with E-state index in [0.29, 0.717) is 13.2 Å². The number of Topliss-reactive ketones (excluding diaryl/α,β-unsaturated/α-hetero) is 1. The van der Waals surface area contributed by atoms with E-state index in [2.05, 4.69) is 17.4 Å². The summed E-state index contributed by atoms with van der Waals surface area (Å²) in [7, 11) is 1.68. The number of methoxy groups -OCH3 is 1. The van der Waals surface area contributed by atoms with Crippen molar-refractivity contribution in [2.24, 2.45) is 0 Å². The topological polar surface area (TPSA) is 38.3 Å². The van der Waals surface area contributed by atoms with E-state index in [1.807, 2.05) is 42.5 Å². The second kappa shape index (κ2) is 8.35. The second-order valence-corrected chi connectivity index (χ2v) is 4.89. The maximum atomic E-state index is 12.0. The molecule has 1 N–H and O–H groups in total. The Bertz CT molecular complexity index is 549. The summed E-state index contributed by atoms with van der Waals surface area (Å²) in [6.45, 7) is 1.88. The van der Waals surface area contributed by atoms with Gasteiger partial charge in [0.2, 0.25) is 0 Å². The SMILES string of the molecule is COCCCNCC(=O)c1ccc(-c2ccccc2)cc1. The minimum Gasteiger partial charge on any atom is -0.385 e. The molecule has 0 unspecified atom stereocenters. The molecule has 0 aromatic heterocycles. The monoisotopic (exact) mass is 283 g/mol. The molecule has 0 fully saturated rings. The van der Waals surface area contributed by atoms with Crippen LogP contribution in [0.3, 0.4) is 0 Å². The lowest BCUT2D eigenvalue weighted by Crippen LogP contribution is -2.24. The van der Waals surface area contributed by atoms with E-state index < -0.39 is 0 Å². The Kier molecular flexibility index (Phi) is 6.13. The van der Waals surface area contributed by atoms with Crippen LogP contribution in [0.15, 0.2) is 54.6 Å². The molecule has 110 valence electrons. The van der Waals surface area contributed by atoms with Gasteiger partial charge in [-0.1, -0.05) is 54.6 Å². The van der Waals surface area contributed by atoms with Gasteiger partial charge in [0.15, 0.2) is 5.78 Å². The van der Waals surface area contributed by atoms with Gasteiger partial charge in [-0.05, 0) is 24.1 Å². The maximum Gasteiger partial charge on any atom is 0.176 e. The molecular weight excluding hydrogens is 262 g/mol. The third-order valence-corrected chi connectivity index (χ3v) is 3.30. The van der Waals surface area contributed by atoms with Crippen molar-refractivity contribution in [2.45, 2.75) is 6.42 Å². The van der Waals surface area contributed by atoms with Crippen LogP contribution < -0.4 is 5.32 Å². The average Bonchev–Trinajstić information content (AvgIpc) is 2.55. The van der Waals surface area contributed by atoms with Crippen LogP contribution in [0.4, 0.5) is 0 Å². The van der Waals surface area contributed by atoms with Gasteiger partial charge in [-0.15, -0.1) is 0 Å². The highest BCUT2D eigenvalue weighted by atomic mass is 16.5. The van der Waals surface area contributed by atoms with Crippen molar-refractivity contribution in [3.8, 4) is 11.1 Å². The summed E-state index contributed by atoms with van der Waals surface area (Å²) in [4.78, 5) is 12.0. The number of ketones is 1. The lowest BCUT2D eigenvalue weighted by molar-refractivity contribution is 0.0990. The Balaban J connectivity index is 1.88. The molecule has 0 saturated heterocycles. The lowest BCUT2D eigenvalue weighted by Gasteiger charge is -2.06. The molecule has 0 aliphatic rings. The zero-order valence-electron chi connectivity index (χ0n) is 12.3. The van der Waals surface area contributed by atoms with Crippen LogP contribution in [0.1, 0.15) is 16.8 Å². The van der Waals surface area contributed by atoms with Gasteiger partial charge < -0.3 is 10.1 Å². The summed E-state index contributed by atoms with van der Waals surface area (Å²) in [5.74, 6) is 0.118. The third-order valence-electron chi connectivity index (χ3n) is 3.30. The van der Waals surface area contributed by atoms with Crippen LogP contribution in [-0.4, -0.2) is 32.6 Å². The van der Waals surface area contributed by atoms with Crippen LogP contribution in [-0.2, 0) is 4.74 Å². The third kappa shape index (κ3) is 4.81. The standard InChI is InChI=1S/C18H21NO2/c1-21-13-5-12-19-14-18(20)17-10-8-16(9-11-17)15-6-3-2-4-7-15/h2-4,6-11,19H,5,12-14H2,1H3. The first-order chi connectivity index (χ1) is 10.3. The van der Waals surface area contributed by atoms with Crippen LogP contribution in [0.2, 0.25) is 0 Å². The van der Waals surface area contributed by atoms with Crippen LogP contribution in [0, 0.1) is 0 Å². The molecule has 21 heavy (non-hydrogen) atoms. The largest absolute Gasteiger partial charge is 0.385 e. The van der Waals surface area contributed by atoms with Gasteiger partial charge >= 0.3 is 0 Å². The van der Waals surface area contributed by atoms with Crippen molar-refractivity contribution >= 4 is 5.78 Å². The fraction of sp³-hybridized carbons (Fsp3) is 0.278. The number of hydrogen-bond acceptors (Lipinski definition) is 3. The minimum absolute atomic E-state index is 0.118. The van der Waals surface area contributed by atoms with Crippen molar-refractivity contribution in [3.63, 3.8) is 0 Å². The van der Waals surface area contributed by atoms with Gasteiger partial charge in [-0.2, -0.15) is 0 Å². The number of nitrogens with one attached hydrogen (secondary N) is 1. The highest BCUT2D eigenvalue weighted by Crippen LogP contribution is 2.19. The van der Waals surface area contributed by atoms with Crippen molar-refractivity contribution < 1.29 is 9.53 Å². The molecule has 0 aliphatic heterocycles. The number of rotatable bonds is 8. The second-order valence-electron chi connectivity index (χ2n) is 4.89. The first-order valence-electron chi connectivity index (χ1n) is 7.19. The molecule has 0 aliphatic carbocycles. The molecule has 0 spiro atoms. The Labute approximate surface area is 126 Å². The van der Waals surface area contributed by atoms with E-state index in [9.17, 15) is 4.79 Å². The van der Waals surface area contributed by atoms with E-state index in [1.54, 1.807) is 7.11 Å². The first kappa shape index (κ1) is 15.4. The van der Waals surface area contributed by atoms with Gasteiger partial charge in [0.1, 0.15) is 0 Å². The van der Waals surface area contributed by atoms with Crippen LogP contribution >= 0.6 is 0 Å². The van der Waals surface area contributed by atoms with Gasteiger partial charge in [0, 0.05) is 19.3 Å². The number of benzene rings is 2. The summed E-state index contributed by atoms with van der Waals surface area (Å²) in [6, 6.07) is 17.9. The van der Waals surface area contributed by atoms with Gasteiger partial charge in [-0.25, -0.2) is 0 Å². The molecule has 0 bridgehead atoms. The quantitative estimate of drug-likeness (QED) is 0.597. The number of carbonyl (C=O) groups is 1. The Morgan fingerprint density at radius 2 is 1.67 bits per heavy atom. The van der Waals surface area contributed by atoms with Gasteiger partial charge in [-0.3, -0.25) is 4.79 Å². The Hall–Kier alpha value is -1.97. The molecule has 0 radical (unpaired) electrons. The van der Waals surface area contributed by atoms with Crippen molar-refractivity contribution in [2.75, 3.05) is 26.8 Å². The zero-order valence-corrected chi connectivity index (χ0v) is 12.3. The molecule has 2 aromatic rings. The molecule has 0 saturated carbocycles. The van der Waals surface area contributed by atoms with E-state index in [0.717, 1.165) is 29.7 Å². The lowest BCUT2D eigenvalue weighted by atomic mass is 10.0. The molecule has 2 aromatic carbocycles. The molecule has 0 heterocycles. The molecule has 3 nitrogen and oxygen atoms in total. The number of hydrogen-bond donors (Lipinski definition) is 1. The van der Waals surface area contributed by atoms with E-state index in [4.69, 9.17) is 4.74 Å². The summed E-state index contributed by atoms with van der Waals surface area (Å²) in [5.41, 5.74) is 3.03. The summed E-state index contributed by atoms with van der Waals surface area (Å²) in [5, 5.41) is 3.14. The number of ether oxygens (including phenoxy) is 1. The smallest absolute Gasteiger partial charge is 0.176 e. The molecule has 2 rings (SSSR count). The summed E-state index contributed by atoms with van der Waals surface area (Å²) < 4.78 is 4.96. The van der Waals surface area contributed by atoms with E-state index >= 15 is 0 Å². The van der Waals surface area contributed by atoms with Crippen molar-refractivity contribution in [1.82, 2.24) is 5.32 Å². The van der Waals surface area contributed by atoms with Crippen molar-refractivity contribution in [1.29, 1.82) is 0 Å². The number of carbonyl (C=O) groups excluding carboxylic acids is 1. The van der Waals surface area contributed by atoms with Crippen molar-refractivity contribution in [3.05, 3.63) is 60.2 Å². The highest BCUT2D eigenvalue weighted by Gasteiger charge is 2.05. The summed E-state index contributed by atoms with van der Waals surface area (Å²) >= 11 is 0.